The minimum Gasteiger partial charge on any atom is -0.217 e. The highest BCUT2D eigenvalue weighted by Crippen LogP contribution is 2.37. The van der Waals surface area contributed by atoms with E-state index in [2.05, 4.69) is 5.10 Å². The van der Waals surface area contributed by atoms with Crippen LogP contribution in [-0.2, 0) is 11.5 Å². The second kappa shape index (κ2) is 4.19. The van der Waals surface area contributed by atoms with Crippen LogP contribution in [0.3, 0.4) is 0 Å². The highest BCUT2D eigenvalue weighted by molar-refractivity contribution is 7.98. The highest BCUT2D eigenvalue weighted by Gasteiger charge is 2.24. The fourth-order valence-corrected chi connectivity index (χ4v) is 3.48. The van der Waals surface area contributed by atoms with Crippen molar-refractivity contribution in [2.75, 3.05) is 0 Å². The molecule has 0 atom stereocenters. The van der Waals surface area contributed by atoms with Crippen molar-refractivity contribution in [1.82, 2.24) is 9.78 Å². The molecule has 0 amide bonds. The number of para-hydroxylation sites is 1. The van der Waals surface area contributed by atoms with Crippen molar-refractivity contribution < 1.29 is 4.39 Å². The van der Waals surface area contributed by atoms with E-state index in [0.717, 1.165) is 22.8 Å². The minimum absolute atomic E-state index is 0.221. The largest absolute Gasteiger partial charge is 0.217 e. The van der Waals surface area contributed by atoms with Crippen LogP contribution in [0.2, 0.25) is 10.2 Å². The number of benzene rings is 1. The molecule has 2 heterocycles. The van der Waals surface area contributed by atoms with Crippen molar-refractivity contribution in [2.45, 2.75) is 11.5 Å². The molecular formula is C11H7Cl2FN2S. The van der Waals surface area contributed by atoms with Gasteiger partial charge in [-0.3, -0.25) is 0 Å². The lowest BCUT2D eigenvalue weighted by Crippen LogP contribution is -2.02. The maximum atomic E-state index is 13.8. The summed E-state index contributed by atoms with van der Waals surface area (Å²) in [6.07, 6.45) is 0. The van der Waals surface area contributed by atoms with E-state index >= 15 is 0 Å². The van der Waals surface area contributed by atoms with Crippen molar-refractivity contribution >= 4 is 35.0 Å². The zero-order chi connectivity index (χ0) is 12.0. The van der Waals surface area contributed by atoms with Crippen molar-refractivity contribution in [3.63, 3.8) is 0 Å². The zero-order valence-corrected chi connectivity index (χ0v) is 10.9. The molecule has 0 unspecified atom stereocenters. The molecule has 0 saturated carbocycles. The van der Waals surface area contributed by atoms with Gasteiger partial charge in [-0.2, -0.15) is 16.9 Å². The van der Waals surface area contributed by atoms with Gasteiger partial charge in [0, 0.05) is 17.1 Å². The summed E-state index contributed by atoms with van der Waals surface area (Å²) in [4.78, 5) is 0. The van der Waals surface area contributed by atoms with Gasteiger partial charge in [-0.25, -0.2) is 9.07 Å². The van der Waals surface area contributed by atoms with Crippen molar-refractivity contribution in [3.8, 4) is 5.69 Å². The van der Waals surface area contributed by atoms with Gasteiger partial charge in [0.1, 0.15) is 16.7 Å². The lowest BCUT2D eigenvalue weighted by atomic mass is 10.3. The molecule has 0 radical (unpaired) electrons. The number of aromatic nitrogens is 2. The molecule has 2 aromatic rings. The van der Waals surface area contributed by atoms with Crippen molar-refractivity contribution in [3.05, 3.63) is 45.4 Å². The maximum Gasteiger partial charge on any atom is 0.150 e. The van der Waals surface area contributed by atoms with Gasteiger partial charge in [0.15, 0.2) is 0 Å². The quantitative estimate of drug-likeness (QED) is 0.787. The normalized spacial score (nSPS) is 14.1. The first-order chi connectivity index (χ1) is 8.18. The Morgan fingerprint density at radius 1 is 1.29 bits per heavy atom. The highest BCUT2D eigenvalue weighted by atomic mass is 35.5. The molecule has 0 aliphatic carbocycles. The van der Waals surface area contributed by atoms with Gasteiger partial charge in [0.05, 0.1) is 10.7 Å². The molecule has 3 rings (SSSR count). The monoisotopic (exact) mass is 288 g/mol. The fourth-order valence-electron chi connectivity index (χ4n) is 1.82. The lowest BCUT2D eigenvalue weighted by Gasteiger charge is -2.07. The fraction of sp³-hybridized carbons (Fsp3) is 0.182. The Balaban J connectivity index is 2.23. The van der Waals surface area contributed by atoms with Crippen LogP contribution in [0.15, 0.2) is 18.2 Å². The summed E-state index contributed by atoms with van der Waals surface area (Å²) in [7, 11) is 0. The Bertz CT molecular complexity index is 577. The first-order valence-electron chi connectivity index (χ1n) is 4.97. The van der Waals surface area contributed by atoms with E-state index in [9.17, 15) is 4.39 Å². The van der Waals surface area contributed by atoms with E-state index in [1.54, 1.807) is 23.9 Å². The molecule has 2 nitrogen and oxygen atoms in total. The number of hydrogen-bond acceptors (Lipinski definition) is 2. The maximum absolute atomic E-state index is 13.8. The van der Waals surface area contributed by atoms with Crippen LogP contribution in [-0.4, -0.2) is 9.78 Å². The smallest absolute Gasteiger partial charge is 0.150 e. The summed E-state index contributed by atoms with van der Waals surface area (Å²) < 4.78 is 15.2. The van der Waals surface area contributed by atoms with E-state index in [1.807, 2.05) is 0 Å². The predicted molar refractivity (Wildman–Crippen MR) is 68.5 cm³/mol. The summed E-state index contributed by atoms with van der Waals surface area (Å²) >= 11 is 14.0. The first kappa shape index (κ1) is 11.4. The zero-order valence-electron chi connectivity index (χ0n) is 8.58. The Labute approximate surface area is 112 Å². The number of hydrogen-bond donors (Lipinski definition) is 0. The number of thioether (sulfide) groups is 1. The predicted octanol–water partition coefficient (Wildman–Crippen LogP) is 4.07. The molecule has 6 heteroatoms. The Hall–Kier alpha value is -0.710. The number of rotatable bonds is 1. The number of halogens is 3. The molecule has 1 aliphatic heterocycles. The molecule has 1 aliphatic rings. The lowest BCUT2D eigenvalue weighted by molar-refractivity contribution is 0.610. The van der Waals surface area contributed by atoms with Gasteiger partial charge >= 0.3 is 0 Å². The second-order valence-corrected chi connectivity index (χ2v) is 5.44. The molecule has 0 N–H and O–H groups in total. The molecular weight excluding hydrogens is 282 g/mol. The van der Waals surface area contributed by atoms with E-state index in [0.29, 0.717) is 10.2 Å². The molecule has 0 bridgehead atoms. The molecule has 0 fully saturated rings. The SMILES string of the molecule is Fc1cccc(Cl)c1-n1nc2c(c1Cl)CSC2. The standard InChI is InChI=1S/C11H7Cl2FN2S/c12-7-2-1-3-8(14)10(7)16-11(13)6-4-17-5-9(6)15-16/h1-3H,4-5H2. The molecule has 0 saturated heterocycles. The van der Waals surface area contributed by atoms with Gasteiger partial charge in [-0.05, 0) is 12.1 Å². The first-order valence-corrected chi connectivity index (χ1v) is 6.88. The van der Waals surface area contributed by atoms with Crippen LogP contribution in [0, 0.1) is 5.82 Å². The summed E-state index contributed by atoms with van der Waals surface area (Å²) in [5, 5.41) is 5.08. The summed E-state index contributed by atoms with van der Waals surface area (Å²) in [6.45, 7) is 0. The molecule has 1 aromatic heterocycles. The third kappa shape index (κ3) is 1.75. The Kier molecular flexibility index (Phi) is 2.81. The van der Waals surface area contributed by atoms with Crippen LogP contribution in [0.1, 0.15) is 11.3 Å². The van der Waals surface area contributed by atoms with Gasteiger partial charge in [-0.15, -0.1) is 0 Å². The van der Waals surface area contributed by atoms with Gasteiger partial charge in [0.2, 0.25) is 0 Å². The third-order valence-corrected chi connectivity index (χ3v) is 4.30. The molecule has 0 spiro atoms. The van der Waals surface area contributed by atoms with E-state index in [1.165, 1.54) is 10.7 Å². The van der Waals surface area contributed by atoms with Crippen LogP contribution in [0.25, 0.3) is 5.69 Å². The van der Waals surface area contributed by atoms with Crippen LogP contribution < -0.4 is 0 Å². The van der Waals surface area contributed by atoms with E-state index in [-0.39, 0.29) is 5.69 Å². The molecule has 88 valence electrons. The van der Waals surface area contributed by atoms with Crippen LogP contribution in [0.4, 0.5) is 4.39 Å². The van der Waals surface area contributed by atoms with Gasteiger partial charge < -0.3 is 0 Å². The second-order valence-electron chi connectivity index (χ2n) is 3.69. The molecule has 17 heavy (non-hydrogen) atoms. The van der Waals surface area contributed by atoms with Crippen molar-refractivity contribution in [1.29, 1.82) is 0 Å². The van der Waals surface area contributed by atoms with Crippen LogP contribution in [0.5, 0.6) is 0 Å². The summed E-state index contributed by atoms with van der Waals surface area (Å²) in [5.74, 6) is 1.21. The average molecular weight is 289 g/mol. The summed E-state index contributed by atoms with van der Waals surface area (Å²) in [5.41, 5.74) is 2.12. The number of nitrogens with zero attached hydrogens (tertiary/aromatic N) is 2. The van der Waals surface area contributed by atoms with E-state index in [4.69, 9.17) is 23.2 Å². The summed E-state index contributed by atoms with van der Waals surface area (Å²) in [6, 6.07) is 4.53. The minimum atomic E-state index is -0.423. The topological polar surface area (TPSA) is 17.8 Å². The Morgan fingerprint density at radius 2 is 2.12 bits per heavy atom. The van der Waals surface area contributed by atoms with Gasteiger partial charge in [0.25, 0.3) is 0 Å². The van der Waals surface area contributed by atoms with Crippen molar-refractivity contribution in [2.24, 2.45) is 0 Å². The Morgan fingerprint density at radius 3 is 2.82 bits per heavy atom. The average Bonchev–Trinajstić information content (AvgIpc) is 2.84. The van der Waals surface area contributed by atoms with Gasteiger partial charge in [-0.1, -0.05) is 29.3 Å². The molecule has 1 aromatic carbocycles. The third-order valence-electron chi connectivity index (χ3n) is 2.64. The number of fused-ring (bicyclic) bond motifs is 1. The van der Waals surface area contributed by atoms with E-state index < -0.39 is 5.82 Å². The van der Waals surface area contributed by atoms with Crippen LogP contribution >= 0.6 is 35.0 Å².